The Balaban J connectivity index is 2.42. The third kappa shape index (κ3) is 2.71. The lowest BCUT2D eigenvalue weighted by Gasteiger charge is -2.10. The summed E-state index contributed by atoms with van der Waals surface area (Å²) in [5.41, 5.74) is 2.11. The van der Waals surface area contributed by atoms with Gasteiger partial charge in [-0.2, -0.15) is 5.10 Å². The number of nitrogens with zero attached hydrogens (tertiary/aromatic N) is 4. The monoisotopic (exact) mass is 362 g/mol. The zero-order valence-corrected chi connectivity index (χ0v) is 14.3. The van der Waals surface area contributed by atoms with Gasteiger partial charge in [-0.3, -0.25) is 0 Å². The Morgan fingerprint density at radius 1 is 1.27 bits per heavy atom. The van der Waals surface area contributed by atoms with Gasteiger partial charge in [0, 0.05) is 17.7 Å². The van der Waals surface area contributed by atoms with Gasteiger partial charge >= 0.3 is 0 Å². The highest BCUT2D eigenvalue weighted by atomic mass is 19.1. The SMILES string of the molecule is CCc1nn(-c2cc(F)c(O)cc2F)c(-c2c(C)noc2C)c1/C=N\O. The molecule has 3 rings (SSSR count). The first-order valence-corrected chi connectivity index (χ1v) is 7.79. The van der Waals surface area contributed by atoms with Crippen LogP contribution in [-0.2, 0) is 6.42 Å². The van der Waals surface area contributed by atoms with Crippen LogP contribution in [0.15, 0.2) is 21.8 Å². The molecule has 9 heteroatoms. The standard InChI is InChI=1S/C17H16F2N4O3/c1-4-13-10(7-20-25)17(16-8(2)22-26-9(16)3)23(21-13)14-5-12(19)15(24)6-11(14)18/h5-7,24-25H,4H2,1-3H3/b20-7-. The molecule has 0 unspecified atom stereocenters. The van der Waals surface area contributed by atoms with Crippen LogP contribution in [0.2, 0.25) is 0 Å². The highest BCUT2D eigenvalue weighted by Gasteiger charge is 2.26. The van der Waals surface area contributed by atoms with Gasteiger partial charge in [-0.1, -0.05) is 17.2 Å². The molecular weight excluding hydrogens is 346 g/mol. The molecular formula is C17H16F2N4O3. The van der Waals surface area contributed by atoms with E-state index >= 15 is 0 Å². The third-order valence-electron chi connectivity index (χ3n) is 4.03. The number of aryl methyl sites for hydroxylation is 3. The van der Waals surface area contributed by atoms with Crippen molar-refractivity contribution in [1.82, 2.24) is 14.9 Å². The molecule has 2 heterocycles. The summed E-state index contributed by atoms with van der Waals surface area (Å²) in [5.74, 6) is -2.21. The topological polar surface area (TPSA) is 96.7 Å². The maximum Gasteiger partial charge on any atom is 0.167 e. The van der Waals surface area contributed by atoms with Gasteiger partial charge in [0.2, 0.25) is 0 Å². The molecule has 0 aliphatic heterocycles. The van der Waals surface area contributed by atoms with Crippen LogP contribution < -0.4 is 0 Å². The molecule has 1 aromatic carbocycles. The van der Waals surface area contributed by atoms with Crippen molar-refractivity contribution in [3.63, 3.8) is 0 Å². The Hall–Kier alpha value is -3.23. The number of hydrogen-bond donors (Lipinski definition) is 2. The number of halogens is 2. The second-order valence-electron chi connectivity index (χ2n) is 5.67. The number of benzene rings is 1. The first-order valence-electron chi connectivity index (χ1n) is 7.79. The second-order valence-corrected chi connectivity index (χ2v) is 5.67. The first kappa shape index (κ1) is 17.6. The molecule has 0 atom stereocenters. The van der Waals surface area contributed by atoms with E-state index in [4.69, 9.17) is 9.73 Å². The number of aromatic hydroxyl groups is 1. The Labute approximate surface area is 147 Å². The normalized spacial score (nSPS) is 11.6. The van der Waals surface area contributed by atoms with Crippen LogP contribution in [0.25, 0.3) is 16.9 Å². The van der Waals surface area contributed by atoms with Crippen LogP contribution in [0.5, 0.6) is 5.75 Å². The predicted octanol–water partition coefficient (Wildman–Crippen LogP) is 3.50. The summed E-state index contributed by atoms with van der Waals surface area (Å²) in [6.45, 7) is 5.20. The fourth-order valence-corrected chi connectivity index (χ4v) is 2.85. The molecule has 0 bridgehead atoms. The Bertz CT molecular complexity index is 989. The zero-order valence-electron chi connectivity index (χ0n) is 14.3. The zero-order chi connectivity index (χ0) is 19.0. The summed E-state index contributed by atoms with van der Waals surface area (Å²) in [5, 5.41) is 29.7. The lowest BCUT2D eigenvalue weighted by Crippen LogP contribution is -2.04. The minimum Gasteiger partial charge on any atom is -0.505 e. The molecule has 2 N–H and O–H groups in total. The minimum absolute atomic E-state index is 0.206. The van der Waals surface area contributed by atoms with E-state index in [-0.39, 0.29) is 5.69 Å². The molecule has 0 spiro atoms. The highest BCUT2D eigenvalue weighted by Crippen LogP contribution is 2.34. The van der Waals surface area contributed by atoms with E-state index in [9.17, 15) is 13.9 Å². The van der Waals surface area contributed by atoms with Gasteiger partial charge in [0.25, 0.3) is 0 Å². The van der Waals surface area contributed by atoms with Crippen molar-refractivity contribution in [3.05, 3.63) is 46.5 Å². The van der Waals surface area contributed by atoms with E-state index in [1.807, 2.05) is 6.92 Å². The molecule has 0 aliphatic carbocycles. The van der Waals surface area contributed by atoms with Gasteiger partial charge in [0.1, 0.15) is 11.4 Å². The minimum atomic E-state index is -0.989. The molecule has 26 heavy (non-hydrogen) atoms. The number of phenolic OH excluding ortho intramolecular Hbond substituents is 1. The molecule has 0 amide bonds. The molecule has 0 fully saturated rings. The van der Waals surface area contributed by atoms with Crippen molar-refractivity contribution in [1.29, 1.82) is 0 Å². The van der Waals surface area contributed by atoms with Crippen LogP contribution >= 0.6 is 0 Å². The first-order chi connectivity index (χ1) is 12.4. The lowest BCUT2D eigenvalue weighted by atomic mass is 10.0. The van der Waals surface area contributed by atoms with E-state index in [1.54, 1.807) is 13.8 Å². The van der Waals surface area contributed by atoms with Gasteiger partial charge in [-0.25, -0.2) is 13.5 Å². The molecule has 2 aromatic heterocycles. The summed E-state index contributed by atoms with van der Waals surface area (Å²) in [6, 6.07) is 1.52. The van der Waals surface area contributed by atoms with Gasteiger partial charge in [-0.05, 0) is 20.3 Å². The van der Waals surface area contributed by atoms with E-state index in [0.717, 1.165) is 6.07 Å². The van der Waals surface area contributed by atoms with Crippen LogP contribution in [0, 0.1) is 25.5 Å². The Kier molecular flexibility index (Phi) is 4.45. The average Bonchev–Trinajstić information content (AvgIpc) is 3.11. The fraction of sp³-hybridized carbons (Fsp3) is 0.235. The maximum atomic E-state index is 14.5. The molecule has 0 saturated carbocycles. The molecule has 0 saturated heterocycles. The van der Waals surface area contributed by atoms with Crippen molar-refractivity contribution < 1.29 is 23.6 Å². The lowest BCUT2D eigenvalue weighted by molar-refractivity contribution is 0.322. The molecule has 0 radical (unpaired) electrons. The molecule has 0 aliphatic rings. The number of rotatable bonds is 4. The van der Waals surface area contributed by atoms with Crippen molar-refractivity contribution in [3.8, 4) is 22.7 Å². The average molecular weight is 362 g/mol. The quantitative estimate of drug-likeness (QED) is 0.421. The summed E-state index contributed by atoms with van der Waals surface area (Å²) in [6.07, 6.45) is 1.63. The smallest absolute Gasteiger partial charge is 0.167 e. The van der Waals surface area contributed by atoms with E-state index in [0.29, 0.717) is 46.5 Å². The fourth-order valence-electron chi connectivity index (χ4n) is 2.85. The summed E-state index contributed by atoms with van der Waals surface area (Å²) >= 11 is 0. The maximum absolute atomic E-state index is 14.5. The van der Waals surface area contributed by atoms with Crippen LogP contribution in [0.4, 0.5) is 8.78 Å². The Morgan fingerprint density at radius 2 is 2.00 bits per heavy atom. The van der Waals surface area contributed by atoms with Crippen molar-refractivity contribution >= 4 is 6.21 Å². The van der Waals surface area contributed by atoms with Crippen LogP contribution in [-0.4, -0.2) is 31.5 Å². The largest absolute Gasteiger partial charge is 0.505 e. The summed E-state index contributed by atoms with van der Waals surface area (Å²) in [7, 11) is 0. The van der Waals surface area contributed by atoms with Crippen molar-refractivity contribution in [2.75, 3.05) is 0 Å². The summed E-state index contributed by atoms with van der Waals surface area (Å²) < 4.78 is 34.7. The second kappa shape index (κ2) is 6.58. The number of hydrogen-bond acceptors (Lipinski definition) is 6. The van der Waals surface area contributed by atoms with Gasteiger partial charge in [-0.15, -0.1) is 0 Å². The van der Waals surface area contributed by atoms with Gasteiger partial charge in [0.15, 0.2) is 17.4 Å². The third-order valence-corrected chi connectivity index (χ3v) is 4.03. The Morgan fingerprint density at radius 3 is 2.58 bits per heavy atom. The van der Waals surface area contributed by atoms with Gasteiger partial charge < -0.3 is 14.8 Å². The number of aromatic nitrogens is 3. The number of oxime groups is 1. The van der Waals surface area contributed by atoms with E-state index < -0.39 is 17.4 Å². The van der Waals surface area contributed by atoms with E-state index in [1.165, 1.54) is 10.9 Å². The van der Waals surface area contributed by atoms with Crippen molar-refractivity contribution in [2.24, 2.45) is 5.16 Å². The van der Waals surface area contributed by atoms with E-state index in [2.05, 4.69) is 15.4 Å². The molecule has 3 aromatic rings. The van der Waals surface area contributed by atoms with Crippen molar-refractivity contribution in [2.45, 2.75) is 27.2 Å². The highest BCUT2D eigenvalue weighted by molar-refractivity contribution is 5.91. The summed E-state index contributed by atoms with van der Waals surface area (Å²) in [4.78, 5) is 0. The van der Waals surface area contributed by atoms with Crippen LogP contribution in [0.3, 0.4) is 0 Å². The number of phenols is 1. The van der Waals surface area contributed by atoms with Crippen LogP contribution in [0.1, 0.15) is 29.6 Å². The molecule has 136 valence electrons. The predicted molar refractivity (Wildman–Crippen MR) is 88.9 cm³/mol. The van der Waals surface area contributed by atoms with Gasteiger partial charge in [0.05, 0.1) is 28.9 Å². The molecule has 7 nitrogen and oxygen atoms in total.